The van der Waals surface area contributed by atoms with Gasteiger partial charge in [0.05, 0.1) is 26.2 Å². The molecule has 0 unspecified atom stereocenters. The molecular formula is C30H30FN5O5. The average Bonchev–Trinajstić information content (AvgIpc) is 3.56. The number of halogens is 1. The summed E-state index contributed by atoms with van der Waals surface area (Å²) in [6, 6.07) is 18.3. The van der Waals surface area contributed by atoms with E-state index in [-0.39, 0.29) is 30.6 Å². The lowest BCUT2D eigenvalue weighted by Gasteiger charge is -2.36. The van der Waals surface area contributed by atoms with Gasteiger partial charge in [-0.25, -0.2) is 4.39 Å². The van der Waals surface area contributed by atoms with Crippen molar-refractivity contribution < 1.29 is 27.9 Å². The van der Waals surface area contributed by atoms with Crippen LogP contribution in [0, 0.1) is 5.82 Å². The molecule has 1 fully saturated rings. The van der Waals surface area contributed by atoms with E-state index in [1.165, 1.54) is 23.3 Å². The van der Waals surface area contributed by atoms with Gasteiger partial charge in [-0.15, -0.1) is 10.2 Å². The largest absolute Gasteiger partial charge is 0.497 e. The summed E-state index contributed by atoms with van der Waals surface area (Å²) in [7, 11) is 3.19. The molecule has 2 amide bonds. The van der Waals surface area contributed by atoms with E-state index in [0.717, 1.165) is 5.56 Å². The predicted molar refractivity (Wildman–Crippen MR) is 149 cm³/mol. The van der Waals surface area contributed by atoms with Crippen molar-refractivity contribution in [3.8, 4) is 22.8 Å². The molecule has 0 spiro atoms. The molecule has 0 saturated carbocycles. The highest BCUT2D eigenvalue weighted by Crippen LogP contribution is 2.32. The first-order valence-corrected chi connectivity index (χ1v) is 13.1. The molecule has 5 rings (SSSR count). The molecule has 1 aliphatic rings. The van der Waals surface area contributed by atoms with Gasteiger partial charge in [-0.1, -0.05) is 12.1 Å². The van der Waals surface area contributed by atoms with Crippen molar-refractivity contribution >= 4 is 17.6 Å². The second-order valence-electron chi connectivity index (χ2n) is 9.48. The number of hydrogen-bond donors (Lipinski definition) is 0. The van der Waals surface area contributed by atoms with Crippen molar-refractivity contribution in [2.45, 2.75) is 6.54 Å². The van der Waals surface area contributed by atoms with Crippen molar-refractivity contribution in [1.82, 2.24) is 20.0 Å². The molecule has 2 aromatic carbocycles. The van der Waals surface area contributed by atoms with E-state index in [4.69, 9.17) is 13.9 Å². The molecule has 0 atom stereocenters. The van der Waals surface area contributed by atoms with Gasteiger partial charge >= 0.3 is 0 Å². The Morgan fingerprint density at radius 2 is 1.73 bits per heavy atom. The second kappa shape index (κ2) is 12.5. The molecule has 0 radical (unpaired) electrons. The van der Waals surface area contributed by atoms with Gasteiger partial charge in [0.2, 0.25) is 5.91 Å². The second-order valence-corrected chi connectivity index (χ2v) is 9.48. The summed E-state index contributed by atoms with van der Waals surface area (Å²) >= 11 is 0. The highest BCUT2D eigenvalue weighted by atomic mass is 19.1. The first-order chi connectivity index (χ1) is 19.9. The number of amides is 2. The summed E-state index contributed by atoms with van der Waals surface area (Å²) in [6.07, 6.45) is 1.41. The summed E-state index contributed by atoms with van der Waals surface area (Å²) in [5.41, 5.74) is 2.18. The molecule has 41 heavy (non-hydrogen) atoms. The normalized spacial score (nSPS) is 13.1. The fourth-order valence-corrected chi connectivity index (χ4v) is 4.66. The number of nitrogens with zero attached hydrogens (tertiary/aromatic N) is 5. The SMILES string of the molecule is COc1ccc(-c2ccc(N3CCN(C(=O)CN(Cc4ccc(F)cc4)C(=O)c4ccco4)CC3)nn2)c(OC)c1. The lowest BCUT2D eigenvalue weighted by atomic mass is 10.1. The number of aromatic nitrogens is 2. The molecular weight excluding hydrogens is 529 g/mol. The maximum absolute atomic E-state index is 13.4. The minimum absolute atomic E-state index is 0.130. The fourth-order valence-electron chi connectivity index (χ4n) is 4.66. The van der Waals surface area contributed by atoms with E-state index < -0.39 is 5.91 Å². The Hall–Kier alpha value is -4.93. The van der Waals surface area contributed by atoms with Crippen LogP contribution in [0.15, 0.2) is 77.4 Å². The van der Waals surface area contributed by atoms with Crippen LogP contribution in [-0.4, -0.2) is 78.8 Å². The van der Waals surface area contributed by atoms with Crippen molar-refractivity contribution in [1.29, 1.82) is 0 Å². The summed E-state index contributed by atoms with van der Waals surface area (Å²) in [5.74, 6) is 1.21. The number of carbonyl (C=O) groups is 2. The van der Waals surface area contributed by atoms with Crippen molar-refractivity contribution in [3.05, 3.63) is 90.1 Å². The molecule has 1 aliphatic heterocycles. The highest BCUT2D eigenvalue weighted by molar-refractivity contribution is 5.94. The molecule has 11 heteroatoms. The molecule has 212 valence electrons. The number of rotatable bonds is 9. The number of ether oxygens (including phenoxy) is 2. The summed E-state index contributed by atoms with van der Waals surface area (Å²) < 4.78 is 29.4. The third kappa shape index (κ3) is 6.46. The van der Waals surface area contributed by atoms with Gasteiger partial charge in [0.1, 0.15) is 23.9 Å². The summed E-state index contributed by atoms with van der Waals surface area (Å²) in [5, 5.41) is 8.82. The Labute approximate surface area is 236 Å². The lowest BCUT2D eigenvalue weighted by Crippen LogP contribution is -2.52. The van der Waals surface area contributed by atoms with Gasteiger partial charge in [0, 0.05) is 44.4 Å². The number of methoxy groups -OCH3 is 2. The third-order valence-corrected chi connectivity index (χ3v) is 6.92. The zero-order chi connectivity index (χ0) is 28.8. The molecule has 1 saturated heterocycles. The first kappa shape index (κ1) is 27.6. The van der Waals surface area contributed by atoms with Crippen LogP contribution in [-0.2, 0) is 11.3 Å². The zero-order valence-corrected chi connectivity index (χ0v) is 22.8. The first-order valence-electron chi connectivity index (χ1n) is 13.1. The van der Waals surface area contributed by atoms with E-state index in [1.54, 1.807) is 49.5 Å². The minimum atomic E-state index is -0.407. The van der Waals surface area contributed by atoms with Crippen LogP contribution in [0.3, 0.4) is 0 Å². The molecule has 4 aromatic rings. The van der Waals surface area contributed by atoms with Gasteiger partial charge < -0.3 is 28.6 Å². The van der Waals surface area contributed by atoms with Crippen molar-refractivity contribution in [2.24, 2.45) is 0 Å². The smallest absolute Gasteiger partial charge is 0.290 e. The standard InChI is InChI=1S/C30H30FN5O5/c1-39-23-9-10-24(27(18-23)40-2)25-11-12-28(33-32-25)34-13-15-35(16-14-34)29(37)20-36(30(38)26-4-3-17-41-26)19-21-5-7-22(31)8-6-21/h3-12,17-18H,13-16,19-20H2,1-2H3. The number of carbonyl (C=O) groups excluding carboxylic acids is 2. The van der Waals surface area contributed by atoms with Gasteiger partial charge in [0.25, 0.3) is 5.91 Å². The molecule has 0 N–H and O–H groups in total. The Bertz CT molecular complexity index is 1470. The van der Waals surface area contributed by atoms with Gasteiger partial charge in [0.15, 0.2) is 11.6 Å². The van der Waals surface area contributed by atoms with E-state index in [1.807, 2.05) is 24.3 Å². The van der Waals surface area contributed by atoms with Crippen LogP contribution in [0.1, 0.15) is 16.1 Å². The molecule has 3 heterocycles. The van der Waals surface area contributed by atoms with Crippen LogP contribution < -0.4 is 14.4 Å². The predicted octanol–water partition coefficient (Wildman–Crippen LogP) is 3.88. The number of anilines is 1. The Kier molecular flexibility index (Phi) is 8.42. The van der Waals surface area contributed by atoms with Crippen LogP contribution in [0.2, 0.25) is 0 Å². The molecule has 10 nitrogen and oxygen atoms in total. The molecule has 2 aromatic heterocycles. The third-order valence-electron chi connectivity index (χ3n) is 6.92. The van der Waals surface area contributed by atoms with E-state index in [2.05, 4.69) is 15.1 Å². The number of benzene rings is 2. The molecule has 0 aliphatic carbocycles. The monoisotopic (exact) mass is 559 g/mol. The van der Waals surface area contributed by atoms with Crippen LogP contribution in [0.5, 0.6) is 11.5 Å². The maximum Gasteiger partial charge on any atom is 0.290 e. The maximum atomic E-state index is 13.4. The topological polar surface area (TPSA) is 101 Å². The Morgan fingerprint density at radius 1 is 0.951 bits per heavy atom. The van der Waals surface area contributed by atoms with Crippen LogP contribution in [0.25, 0.3) is 11.3 Å². The summed E-state index contributed by atoms with van der Waals surface area (Å²) in [4.78, 5) is 31.5. The Morgan fingerprint density at radius 3 is 2.37 bits per heavy atom. The Balaban J connectivity index is 1.21. The quantitative estimate of drug-likeness (QED) is 0.305. The summed E-state index contributed by atoms with van der Waals surface area (Å²) in [6.45, 7) is 2.08. The van der Waals surface area contributed by atoms with E-state index >= 15 is 0 Å². The van der Waals surface area contributed by atoms with Crippen molar-refractivity contribution in [2.75, 3.05) is 51.8 Å². The van der Waals surface area contributed by atoms with Gasteiger partial charge in [-0.2, -0.15) is 0 Å². The van der Waals surface area contributed by atoms with Crippen LogP contribution in [0.4, 0.5) is 10.2 Å². The minimum Gasteiger partial charge on any atom is -0.497 e. The van der Waals surface area contributed by atoms with Crippen molar-refractivity contribution in [3.63, 3.8) is 0 Å². The number of hydrogen-bond acceptors (Lipinski definition) is 8. The lowest BCUT2D eigenvalue weighted by molar-refractivity contribution is -0.132. The van der Waals surface area contributed by atoms with E-state index in [9.17, 15) is 14.0 Å². The van der Waals surface area contributed by atoms with Gasteiger partial charge in [-0.05, 0) is 54.1 Å². The average molecular weight is 560 g/mol. The fraction of sp³-hybridized carbons (Fsp3) is 0.267. The van der Waals surface area contributed by atoms with Crippen LogP contribution >= 0.6 is 0 Å². The number of piperazine rings is 1. The van der Waals surface area contributed by atoms with Gasteiger partial charge in [-0.3, -0.25) is 9.59 Å². The zero-order valence-electron chi connectivity index (χ0n) is 22.8. The van der Waals surface area contributed by atoms with E-state index in [0.29, 0.717) is 54.8 Å². The molecule has 0 bridgehead atoms. The highest BCUT2D eigenvalue weighted by Gasteiger charge is 2.27. The number of furan rings is 1.